The molecule has 2 amide bonds. The van der Waals surface area contributed by atoms with Gasteiger partial charge in [-0.2, -0.15) is 0 Å². The van der Waals surface area contributed by atoms with Gasteiger partial charge in [-0.3, -0.25) is 9.59 Å². The summed E-state index contributed by atoms with van der Waals surface area (Å²) >= 11 is 0. The monoisotopic (exact) mass is 345 g/mol. The molecule has 6 nitrogen and oxygen atoms in total. The summed E-state index contributed by atoms with van der Waals surface area (Å²) in [7, 11) is 1.75. The first-order chi connectivity index (χ1) is 12.0. The number of likely N-dealkylation sites (N-methyl/N-ethyl adjacent to an activating group) is 2. The molecule has 0 N–H and O–H groups in total. The van der Waals surface area contributed by atoms with E-state index in [9.17, 15) is 9.59 Å². The summed E-state index contributed by atoms with van der Waals surface area (Å²) in [6, 6.07) is 7.59. The standard InChI is InChI=1S/C19H27N3O3/c1-4-21-9-11-22(12-10-21)19(24)18-17(20(3)16(23)13-25-18)15-7-5-14(2)6-8-15/h5-8,17-18H,4,9-13H2,1-3H3/t17-,18+/m1/s1. The van der Waals surface area contributed by atoms with Crippen LogP contribution in [-0.2, 0) is 14.3 Å². The second-order valence-corrected chi connectivity index (χ2v) is 6.85. The van der Waals surface area contributed by atoms with Crippen molar-refractivity contribution < 1.29 is 14.3 Å². The molecule has 1 aromatic carbocycles. The van der Waals surface area contributed by atoms with Gasteiger partial charge in [-0.1, -0.05) is 36.8 Å². The largest absolute Gasteiger partial charge is 0.356 e. The molecule has 25 heavy (non-hydrogen) atoms. The Morgan fingerprint density at radius 1 is 1.16 bits per heavy atom. The maximum Gasteiger partial charge on any atom is 0.254 e. The summed E-state index contributed by atoms with van der Waals surface area (Å²) in [5.41, 5.74) is 2.08. The van der Waals surface area contributed by atoms with Crippen LogP contribution in [-0.4, -0.2) is 79.0 Å². The van der Waals surface area contributed by atoms with Gasteiger partial charge >= 0.3 is 0 Å². The molecule has 0 unspecified atom stereocenters. The SMILES string of the molecule is CCN1CCN(C(=O)[C@H]2OCC(=O)N(C)[C@@H]2c2ccc(C)cc2)CC1. The number of ether oxygens (including phenoxy) is 1. The van der Waals surface area contributed by atoms with Crippen LogP contribution in [0.5, 0.6) is 0 Å². The molecule has 2 aliphatic rings. The molecular formula is C19H27N3O3. The van der Waals surface area contributed by atoms with Crippen LogP contribution in [0.15, 0.2) is 24.3 Å². The topological polar surface area (TPSA) is 53.1 Å². The van der Waals surface area contributed by atoms with Gasteiger partial charge in [0, 0.05) is 33.2 Å². The van der Waals surface area contributed by atoms with Crippen LogP contribution in [0, 0.1) is 6.92 Å². The molecule has 0 aromatic heterocycles. The summed E-state index contributed by atoms with van der Waals surface area (Å²) in [4.78, 5) is 31.1. The average Bonchev–Trinajstić information content (AvgIpc) is 2.64. The number of nitrogens with zero attached hydrogens (tertiary/aromatic N) is 3. The van der Waals surface area contributed by atoms with E-state index in [-0.39, 0.29) is 24.5 Å². The van der Waals surface area contributed by atoms with Gasteiger partial charge in [-0.05, 0) is 19.0 Å². The third kappa shape index (κ3) is 3.70. The number of morpholine rings is 1. The first-order valence-corrected chi connectivity index (χ1v) is 8.96. The number of aryl methyl sites for hydroxylation is 1. The van der Waals surface area contributed by atoms with Gasteiger partial charge in [0.05, 0.1) is 6.04 Å². The van der Waals surface area contributed by atoms with Crippen molar-refractivity contribution in [3.8, 4) is 0 Å². The zero-order valence-electron chi connectivity index (χ0n) is 15.3. The van der Waals surface area contributed by atoms with Gasteiger partial charge in [-0.25, -0.2) is 0 Å². The number of piperazine rings is 1. The highest BCUT2D eigenvalue weighted by molar-refractivity contribution is 5.86. The smallest absolute Gasteiger partial charge is 0.254 e. The van der Waals surface area contributed by atoms with Crippen molar-refractivity contribution in [1.29, 1.82) is 0 Å². The van der Waals surface area contributed by atoms with E-state index in [4.69, 9.17) is 4.74 Å². The van der Waals surface area contributed by atoms with E-state index in [1.54, 1.807) is 11.9 Å². The van der Waals surface area contributed by atoms with Gasteiger partial charge in [0.2, 0.25) is 5.91 Å². The summed E-state index contributed by atoms with van der Waals surface area (Å²) < 4.78 is 5.73. The van der Waals surface area contributed by atoms with Crippen molar-refractivity contribution in [3.63, 3.8) is 0 Å². The molecule has 2 atom stereocenters. The fourth-order valence-electron chi connectivity index (χ4n) is 3.55. The molecular weight excluding hydrogens is 318 g/mol. The number of benzene rings is 1. The first kappa shape index (κ1) is 17.9. The van der Waals surface area contributed by atoms with Crippen molar-refractivity contribution in [2.75, 3.05) is 46.4 Å². The zero-order chi connectivity index (χ0) is 18.0. The third-order valence-electron chi connectivity index (χ3n) is 5.28. The fourth-order valence-corrected chi connectivity index (χ4v) is 3.55. The minimum Gasteiger partial charge on any atom is -0.356 e. The van der Waals surface area contributed by atoms with Crippen LogP contribution in [0.2, 0.25) is 0 Å². The van der Waals surface area contributed by atoms with Gasteiger partial charge < -0.3 is 19.4 Å². The number of hydrogen-bond acceptors (Lipinski definition) is 4. The molecule has 3 rings (SSSR count). The fraction of sp³-hybridized carbons (Fsp3) is 0.579. The molecule has 2 heterocycles. The lowest BCUT2D eigenvalue weighted by atomic mass is 9.96. The molecule has 0 saturated carbocycles. The van der Waals surface area contributed by atoms with Crippen LogP contribution >= 0.6 is 0 Å². The highest BCUT2D eigenvalue weighted by Crippen LogP contribution is 2.30. The van der Waals surface area contributed by atoms with E-state index in [2.05, 4.69) is 11.8 Å². The van der Waals surface area contributed by atoms with Crippen molar-refractivity contribution in [3.05, 3.63) is 35.4 Å². The van der Waals surface area contributed by atoms with E-state index in [0.717, 1.165) is 30.8 Å². The van der Waals surface area contributed by atoms with E-state index in [1.807, 2.05) is 36.1 Å². The lowest BCUT2D eigenvalue weighted by Crippen LogP contribution is -2.57. The Morgan fingerprint density at radius 3 is 2.40 bits per heavy atom. The number of rotatable bonds is 3. The first-order valence-electron chi connectivity index (χ1n) is 8.96. The Bertz CT molecular complexity index is 623. The normalized spacial score (nSPS) is 25.3. The average molecular weight is 345 g/mol. The minimum absolute atomic E-state index is 0.0133. The molecule has 0 spiro atoms. The molecule has 6 heteroatoms. The third-order valence-corrected chi connectivity index (χ3v) is 5.28. The summed E-state index contributed by atoms with van der Waals surface area (Å²) in [6.07, 6.45) is -0.640. The number of amides is 2. The second-order valence-electron chi connectivity index (χ2n) is 6.85. The summed E-state index contributed by atoms with van der Waals surface area (Å²) in [6.45, 7) is 8.32. The van der Waals surface area contributed by atoms with Gasteiger partial charge in [-0.15, -0.1) is 0 Å². The van der Waals surface area contributed by atoms with Crippen LogP contribution in [0.1, 0.15) is 24.1 Å². The molecule has 1 aromatic rings. The highest BCUT2D eigenvalue weighted by atomic mass is 16.5. The maximum atomic E-state index is 13.1. The van der Waals surface area contributed by atoms with Gasteiger partial charge in [0.1, 0.15) is 6.61 Å². The summed E-state index contributed by atoms with van der Waals surface area (Å²) in [5.74, 6) is -0.105. The van der Waals surface area contributed by atoms with E-state index < -0.39 is 6.10 Å². The second kappa shape index (κ2) is 7.54. The molecule has 0 radical (unpaired) electrons. The lowest BCUT2D eigenvalue weighted by molar-refractivity contribution is -0.168. The predicted molar refractivity (Wildman–Crippen MR) is 95.1 cm³/mol. The predicted octanol–water partition coefficient (Wildman–Crippen LogP) is 1.06. The van der Waals surface area contributed by atoms with Crippen molar-refractivity contribution in [2.45, 2.75) is 26.0 Å². The lowest BCUT2D eigenvalue weighted by Gasteiger charge is -2.42. The van der Waals surface area contributed by atoms with Crippen LogP contribution in [0.25, 0.3) is 0 Å². The van der Waals surface area contributed by atoms with E-state index in [0.29, 0.717) is 13.1 Å². The summed E-state index contributed by atoms with van der Waals surface area (Å²) in [5, 5.41) is 0. The highest BCUT2D eigenvalue weighted by Gasteiger charge is 2.42. The van der Waals surface area contributed by atoms with Crippen LogP contribution in [0.4, 0.5) is 0 Å². The van der Waals surface area contributed by atoms with Gasteiger partial charge in [0.15, 0.2) is 6.10 Å². The Labute approximate surface area is 149 Å². The molecule has 136 valence electrons. The Hall–Kier alpha value is -1.92. The molecule has 0 bridgehead atoms. The molecule has 2 aliphatic heterocycles. The quantitative estimate of drug-likeness (QED) is 0.822. The Kier molecular flexibility index (Phi) is 5.39. The number of carbonyl (C=O) groups is 2. The zero-order valence-corrected chi connectivity index (χ0v) is 15.3. The number of carbonyl (C=O) groups excluding carboxylic acids is 2. The Morgan fingerprint density at radius 2 is 1.80 bits per heavy atom. The van der Waals surface area contributed by atoms with Crippen LogP contribution in [0.3, 0.4) is 0 Å². The van der Waals surface area contributed by atoms with E-state index in [1.165, 1.54) is 0 Å². The maximum absolute atomic E-state index is 13.1. The van der Waals surface area contributed by atoms with Crippen LogP contribution < -0.4 is 0 Å². The molecule has 2 fully saturated rings. The molecule has 0 aliphatic carbocycles. The van der Waals surface area contributed by atoms with E-state index >= 15 is 0 Å². The van der Waals surface area contributed by atoms with Gasteiger partial charge in [0.25, 0.3) is 5.91 Å². The number of hydrogen-bond donors (Lipinski definition) is 0. The molecule has 2 saturated heterocycles. The van der Waals surface area contributed by atoms with Crippen molar-refractivity contribution in [1.82, 2.24) is 14.7 Å². The van der Waals surface area contributed by atoms with Crippen molar-refractivity contribution >= 4 is 11.8 Å². The Balaban J connectivity index is 1.81. The minimum atomic E-state index is -0.640. The van der Waals surface area contributed by atoms with Crippen molar-refractivity contribution in [2.24, 2.45) is 0 Å².